The van der Waals surface area contributed by atoms with Gasteiger partial charge in [-0.2, -0.15) is 0 Å². The third-order valence-electron chi connectivity index (χ3n) is 3.65. The lowest BCUT2D eigenvalue weighted by molar-refractivity contribution is 0.0696. The second-order valence-corrected chi connectivity index (χ2v) is 5.52. The van der Waals surface area contributed by atoms with Crippen molar-refractivity contribution in [3.8, 4) is 11.5 Å². The second kappa shape index (κ2) is 7.98. The molecule has 0 saturated heterocycles. The largest absolute Gasteiger partial charge is 0.489 e. The quantitative estimate of drug-likeness (QED) is 0.534. The minimum atomic E-state index is -1.03. The van der Waals surface area contributed by atoms with E-state index in [0.29, 0.717) is 17.9 Å². The summed E-state index contributed by atoms with van der Waals surface area (Å²) in [5.74, 6) is -0.628. The van der Waals surface area contributed by atoms with E-state index in [-0.39, 0.29) is 11.3 Å². The van der Waals surface area contributed by atoms with E-state index < -0.39 is 11.9 Å². The molecule has 0 aliphatic carbocycles. The normalized spacial score (nSPS) is 10.2. The molecule has 0 atom stereocenters. The molecule has 0 bridgehead atoms. The lowest BCUT2D eigenvalue weighted by Gasteiger charge is -2.08. The predicted octanol–water partition coefficient (Wildman–Crippen LogP) is 4.18. The van der Waals surface area contributed by atoms with Gasteiger partial charge in [-0.25, -0.2) is 9.59 Å². The smallest absolute Gasteiger partial charge is 0.343 e. The van der Waals surface area contributed by atoms with Gasteiger partial charge in [-0.05, 0) is 54.1 Å². The summed E-state index contributed by atoms with van der Waals surface area (Å²) in [6.45, 7) is 0.445. The third-order valence-corrected chi connectivity index (χ3v) is 3.65. The third kappa shape index (κ3) is 4.48. The average molecular weight is 348 g/mol. The molecule has 3 aromatic rings. The zero-order valence-corrected chi connectivity index (χ0v) is 13.8. The van der Waals surface area contributed by atoms with Crippen LogP contribution in [0.25, 0.3) is 0 Å². The van der Waals surface area contributed by atoms with Crippen LogP contribution in [0.1, 0.15) is 26.3 Å². The van der Waals surface area contributed by atoms with Crippen molar-refractivity contribution >= 4 is 11.9 Å². The number of aromatic carboxylic acids is 1. The van der Waals surface area contributed by atoms with Crippen molar-refractivity contribution in [2.75, 3.05) is 0 Å². The van der Waals surface area contributed by atoms with Crippen LogP contribution in [0.15, 0.2) is 78.9 Å². The lowest BCUT2D eigenvalue weighted by atomic mass is 10.2. The Morgan fingerprint density at radius 2 is 1.31 bits per heavy atom. The molecule has 0 heterocycles. The molecule has 3 rings (SSSR count). The van der Waals surface area contributed by atoms with E-state index in [1.165, 1.54) is 24.3 Å². The Kier molecular flexibility index (Phi) is 5.29. The Balaban J connectivity index is 1.58. The summed E-state index contributed by atoms with van der Waals surface area (Å²) in [6, 6.07) is 22.1. The molecule has 1 N–H and O–H groups in total. The zero-order chi connectivity index (χ0) is 18.4. The molecule has 0 fully saturated rings. The summed E-state index contributed by atoms with van der Waals surface area (Å²) < 4.78 is 10.9. The zero-order valence-electron chi connectivity index (χ0n) is 13.8. The van der Waals surface area contributed by atoms with Crippen LogP contribution < -0.4 is 9.47 Å². The van der Waals surface area contributed by atoms with Crippen molar-refractivity contribution in [1.82, 2.24) is 0 Å². The Morgan fingerprint density at radius 1 is 0.731 bits per heavy atom. The summed E-state index contributed by atoms with van der Waals surface area (Å²) in [6.07, 6.45) is 0. The number of hydrogen-bond acceptors (Lipinski definition) is 4. The standard InChI is InChI=1S/C21H16O5/c22-20(23)16-6-12-19(13-7-16)26-21(24)17-8-10-18(11-9-17)25-14-15-4-2-1-3-5-15/h1-13H,14H2,(H,22,23). The van der Waals surface area contributed by atoms with Crippen LogP contribution in [-0.2, 0) is 6.61 Å². The van der Waals surface area contributed by atoms with Gasteiger partial charge in [0.15, 0.2) is 0 Å². The van der Waals surface area contributed by atoms with Gasteiger partial charge in [-0.15, -0.1) is 0 Å². The van der Waals surface area contributed by atoms with E-state index in [2.05, 4.69) is 0 Å². The van der Waals surface area contributed by atoms with Crippen molar-refractivity contribution in [3.05, 3.63) is 95.6 Å². The van der Waals surface area contributed by atoms with E-state index in [0.717, 1.165) is 5.56 Å². The molecule has 0 aliphatic rings. The van der Waals surface area contributed by atoms with Crippen LogP contribution in [0, 0.1) is 0 Å². The number of rotatable bonds is 6. The number of carbonyl (C=O) groups is 2. The van der Waals surface area contributed by atoms with E-state index in [4.69, 9.17) is 14.6 Å². The van der Waals surface area contributed by atoms with Gasteiger partial charge in [0.05, 0.1) is 11.1 Å². The van der Waals surface area contributed by atoms with Crippen LogP contribution in [0.4, 0.5) is 0 Å². The molecular formula is C21H16O5. The number of carbonyl (C=O) groups excluding carboxylic acids is 1. The molecule has 0 unspecified atom stereocenters. The fourth-order valence-electron chi connectivity index (χ4n) is 2.26. The Labute approximate surface area is 150 Å². The van der Waals surface area contributed by atoms with Crippen molar-refractivity contribution in [2.45, 2.75) is 6.61 Å². The highest BCUT2D eigenvalue weighted by molar-refractivity contribution is 5.91. The van der Waals surface area contributed by atoms with Gasteiger partial charge in [-0.1, -0.05) is 30.3 Å². The highest BCUT2D eigenvalue weighted by atomic mass is 16.5. The monoisotopic (exact) mass is 348 g/mol. The first-order chi connectivity index (χ1) is 12.6. The van der Waals surface area contributed by atoms with Gasteiger partial charge in [0, 0.05) is 0 Å². The first kappa shape index (κ1) is 17.2. The summed E-state index contributed by atoms with van der Waals surface area (Å²) in [7, 11) is 0. The number of ether oxygens (including phenoxy) is 2. The number of esters is 1. The van der Waals surface area contributed by atoms with E-state index in [1.807, 2.05) is 30.3 Å². The topological polar surface area (TPSA) is 72.8 Å². The van der Waals surface area contributed by atoms with Gasteiger partial charge in [-0.3, -0.25) is 0 Å². The fraction of sp³-hybridized carbons (Fsp3) is 0.0476. The molecular weight excluding hydrogens is 332 g/mol. The Hall–Kier alpha value is -3.60. The molecule has 0 saturated carbocycles. The van der Waals surface area contributed by atoms with Gasteiger partial charge in [0.2, 0.25) is 0 Å². The number of benzene rings is 3. The Bertz CT molecular complexity index is 884. The maximum Gasteiger partial charge on any atom is 0.343 e. The van der Waals surface area contributed by atoms with Crippen molar-refractivity contribution in [3.63, 3.8) is 0 Å². The van der Waals surface area contributed by atoms with Gasteiger partial charge in [0.1, 0.15) is 18.1 Å². The molecule has 3 aromatic carbocycles. The van der Waals surface area contributed by atoms with Crippen molar-refractivity contribution < 1.29 is 24.2 Å². The number of hydrogen-bond donors (Lipinski definition) is 1. The summed E-state index contributed by atoms with van der Waals surface area (Å²) in [5, 5.41) is 8.86. The highest BCUT2D eigenvalue weighted by Crippen LogP contribution is 2.17. The van der Waals surface area contributed by atoms with Crippen LogP contribution in [0.3, 0.4) is 0 Å². The lowest BCUT2D eigenvalue weighted by Crippen LogP contribution is -2.08. The van der Waals surface area contributed by atoms with Crippen LogP contribution in [0.2, 0.25) is 0 Å². The molecule has 5 nitrogen and oxygen atoms in total. The molecule has 5 heteroatoms. The molecule has 130 valence electrons. The maximum atomic E-state index is 12.1. The SMILES string of the molecule is O=C(O)c1ccc(OC(=O)c2ccc(OCc3ccccc3)cc2)cc1. The second-order valence-electron chi connectivity index (χ2n) is 5.52. The number of carboxylic acid groups (broad SMARTS) is 1. The van der Waals surface area contributed by atoms with Crippen LogP contribution >= 0.6 is 0 Å². The summed E-state index contributed by atoms with van der Waals surface area (Å²) in [5.41, 5.74) is 1.56. The van der Waals surface area contributed by atoms with E-state index in [1.54, 1.807) is 24.3 Å². The van der Waals surface area contributed by atoms with Gasteiger partial charge in [0.25, 0.3) is 0 Å². The van der Waals surface area contributed by atoms with Crippen LogP contribution in [0.5, 0.6) is 11.5 Å². The van der Waals surface area contributed by atoms with E-state index in [9.17, 15) is 9.59 Å². The first-order valence-electron chi connectivity index (χ1n) is 7.94. The van der Waals surface area contributed by atoms with E-state index >= 15 is 0 Å². The van der Waals surface area contributed by atoms with Crippen molar-refractivity contribution in [2.24, 2.45) is 0 Å². The Morgan fingerprint density at radius 3 is 1.92 bits per heavy atom. The molecule has 26 heavy (non-hydrogen) atoms. The van der Waals surface area contributed by atoms with Gasteiger partial charge >= 0.3 is 11.9 Å². The average Bonchev–Trinajstić information content (AvgIpc) is 2.68. The molecule has 0 spiro atoms. The molecule has 0 amide bonds. The first-order valence-corrected chi connectivity index (χ1v) is 7.94. The van der Waals surface area contributed by atoms with Crippen LogP contribution in [-0.4, -0.2) is 17.0 Å². The summed E-state index contributed by atoms with van der Waals surface area (Å²) >= 11 is 0. The van der Waals surface area contributed by atoms with Crippen molar-refractivity contribution in [1.29, 1.82) is 0 Å². The fourth-order valence-corrected chi connectivity index (χ4v) is 2.26. The van der Waals surface area contributed by atoms with Gasteiger partial charge < -0.3 is 14.6 Å². The molecule has 0 radical (unpaired) electrons. The molecule has 0 aliphatic heterocycles. The number of carboxylic acids is 1. The maximum absolute atomic E-state index is 12.1. The highest BCUT2D eigenvalue weighted by Gasteiger charge is 2.10. The minimum Gasteiger partial charge on any atom is -0.489 e. The minimum absolute atomic E-state index is 0.129. The summed E-state index contributed by atoms with van der Waals surface area (Å²) in [4.78, 5) is 23.0. The molecule has 0 aromatic heterocycles. The predicted molar refractivity (Wildman–Crippen MR) is 95.6 cm³/mol.